The Bertz CT molecular complexity index is 560. The lowest BCUT2D eigenvalue weighted by Gasteiger charge is -1.97. The summed E-state index contributed by atoms with van der Waals surface area (Å²) >= 11 is 0. The van der Waals surface area contributed by atoms with Crippen LogP contribution in [0.2, 0.25) is 0 Å². The Kier molecular flexibility index (Phi) is 1.97. The van der Waals surface area contributed by atoms with Gasteiger partial charge in [0.05, 0.1) is 0 Å². The van der Waals surface area contributed by atoms with E-state index in [1.807, 2.05) is 0 Å². The molecule has 0 aliphatic carbocycles. The number of nitrogens with zero attached hydrogens (tertiary/aromatic N) is 2. The Morgan fingerprint density at radius 2 is 2.29 bits per heavy atom. The number of aromatic nitrogens is 3. The first-order chi connectivity index (χ1) is 6.65. The van der Waals surface area contributed by atoms with Gasteiger partial charge in [-0.05, 0) is 19.2 Å². The summed E-state index contributed by atoms with van der Waals surface area (Å²) in [7, 11) is -2.17. The van der Waals surface area contributed by atoms with E-state index in [2.05, 4.69) is 19.9 Å². The van der Waals surface area contributed by atoms with Crippen LogP contribution < -0.4 is 4.72 Å². The highest BCUT2D eigenvalue weighted by Gasteiger charge is 2.18. The van der Waals surface area contributed by atoms with Crippen LogP contribution >= 0.6 is 0 Å². The second-order valence-corrected chi connectivity index (χ2v) is 4.45. The van der Waals surface area contributed by atoms with E-state index < -0.39 is 10.0 Å². The summed E-state index contributed by atoms with van der Waals surface area (Å²) < 4.78 is 25.1. The normalized spacial score (nSPS) is 12.1. The third-order valence-electron chi connectivity index (χ3n) is 1.82. The summed E-state index contributed by atoms with van der Waals surface area (Å²) in [6, 6.07) is 3.38. The number of hydrogen-bond donors (Lipinski definition) is 2. The van der Waals surface area contributed by atoms with E-state index in [1.165, 1.54) is 13.2 Å². The lowest BCUT2D eigenvalue weighted by Crippen LogP contribution is -2.19. The van der Waals surface area contributed by atoms with E-state index in [0.717, 1.165) is 0 Å². The molecule has 2 aromatic rings. The monoisotopic (exact) mass is 212 g/mol. The fraction of sp³-hybridized carbons (Fsp3) is 0.143. The Morgan fingerprint density at radius 3 is 3.00 bits per heavy atom. The number of H-pyrrole nitrogens is 1. The average molecular weight is 212 g/mol. The molecule has 2 heterocycles. The molecule has 0 fully saturated rings. The van der Waals surface area contributed by atoms with Gasteiger partial charge in [-0.15, -0.1) is 0 Å². The van der Waals surface area contributed by atoms with Gasteiger partial charge in [-0.1, -0.05) is 0 Å². The molecule has 0 spiro atoms. The molecule has 0 atom stereocenters. The zero-order valence-corrected chi connectivity index (χ0v) is 8.17. The van der Waals surface area contributed by atoms with Gasteiger partial charge >= 0.3 is 0 Å². The third-order valence-corrected chi connectivity index (χ3v) is 3.18. The van der Waals surface area contributed by atoms with Crippen LogP contribution in [0.3, 0.4) is 0 Å². The van der Waals surface area contributed by atoms with Gasteiger partial charge in [0.15, 0.2) is 5.03 Å². The molecule has 0 aliphatic heterocycles. The van der Waals surface area contributed by atoms with Crippen molar-refractivity contribution in [3.63, 3.8) is 0 Å². The van der Waals surface area contributed by atoms with Crippen molar-refractivity contribution in [2.24, 2.45) is 0 Å². The Morgan fingerprint density at radius 1 is 1.50 bits per heavy atom. The molecule has 0 aromatic carbocycles. The fourth-order valence-corrected chi connectivity index (χ4v) is 1.90. The molecule has 7 heteroatoms. The van der Waals surface area contributed by atoms with Gasteiger partial charge in [-0.25, -0.2) is 13.1 Å². The van der Waals surface area contributed by atoms with Crippen molar-refractivity contribution >= 4 is 21.1 Å². The van der Waals surface area contributed by atoms with E-state index >= 15 is 0 Å². The first-order valence-corrected chi connectivity index (χ1v) is 5.36. The van der Waals surface area contributed by atoms with Gasteiger partial charge in [-0.2, -0.15) is 5.10 Å². The van der Waals surface area contributed by atoms with Gasteiger partial charge in [0.25, 0.3) is 10.0 Å². The van der Waals surface area contributed by atoms with Crippen molar-refractivity contribution < 1.29 is 8.42 Å². The smallest absolute Gasteiger partial charge is 0.259 e. The van der Waals surface area contributed by atoms with Crippen molar-refractivity contribution in [2.75, 3.05) is 7.05 Å². The van der Waals surface area contributed by atoms with E-state index in [9.17, 15) is 8.42 Å². The zero-order chi connectivity index (χ0) is 10.2. The molecule has 0 amide bonds. The van der Waals surface area contributed by atoms with E-state index in [1.54, 1.807) is 12.1 Å². The largest absolute Gasteiger partial charge is 0.264 e. The molecule has 6 nitrogen and oxygen atoms in total. The van der Waals surface area contributed by atoms with Crippen LogP contribution in [0.4, 0.5) is 0 Å². The van der Waals surface area contributed by atoms with Crippen molar-refractivity contribution in [1.82, 2.24) is 19.9 Å². The molecular weight excluding hydrogens is 204 g/mol. The molecule has 0 aliphatic rings. The first kappa shape index (κ1) is 9.10. The lowest BCUT2D eigenvalue weighted by atomic mass is 10.4. The van der Waals surface area contributed by atoms with E-state index in [-0.39, 0.29) is 5.03 Å². The zero-order valence-electron chi connectivity index (χ0n) is 7.35. The highest BCUT2D eigenvalue weighted by Crippen LogP contribution is 2.16. The topological polar surface area (TPSA) is 87.7 Å². The summed E-state index contributed by atoms with van der Waals surface area (Å²) in [5.41, 5.74) is 0.878. The van der Waals surface area contributed by atoms with Gasteiger partial charge in [0.2, 0.25) is 0 Å². The maximum absolute atomic E-state index is 11.5. The minimum Gasteiger partial charge on any atom is -0.264 e. The highest BCUT2D eigenvalue weighted by molar-refractivity contribution is 7.89. The predicted molar refractivity (Wildman–Crippen MR) is 50.1 cm³/mol. The van der Waals surface area contributed by atoms with Gasteiger partial charge < -0.3 is 0 Å². The van der Waals surface area contributed by atoms with Crippen LogP contribution in [-0.2, 0) is 10.0 Å². The number of pyridine rings is 1. The van der Waals surface area contributed by atoms with Crippen LogP contribution in [0.15, 0.2) is 23.4 Å². The predicted octanol–water partition coefficient (Wildman–Crippen LogP) is -0.134. The Balaban J connectivity index is 2.77. The van der Waals surface area contributed by atoms with Crippen LogP contribution in [-0.4, -0.2) is 30.6 Å². The van der Waals surface area contributed by atoms with Crippen molar-refractivity contribution in [2.45, 2.75) is 5.03 Å². The number of fused-ring (bicyclic) bond motifs is 1. The van der Waals surface area contributed by atoms with Gasteiger partial charge in [0, 0.05) is 6.20 Å². The van der Waals surface area contributed by atoms with Gasteiger partial charge in [-0.3, -0.25) is 10.1 Å². The maximum atomic E-state index is 11.5. The number of rotatable bonds is 2. The molecule has 2 aromatic heterocycles. The van der Waals surface area contributed by atoms with Crippen molar-refractivity contribution in [3.8, 4) is 0 Å². The molecule has 0 saturated heterocycles. The quantitative estimate of drug-likeness (QED) is 0.725. The molecule has 0 unspecified atom stereocenters. The first-order valence-electron chi connectivity index (χ1n) is 3.88. The molecule has 0 radical (unpaired) electrons. The molecule has 14 heavy (non-hydrogen) atoms. The summed E-state index contributed by atoms with van der Waals surface area (Å²) in [4.78, 5) is 3.94. The molecule has 0 saturated carbocycles. The standard InChI is InChI=1S/C7H8N4O2S/c1-8-14(12,13)7-6-5(10-11-7)3-2-4-9-6/h2-4,8H,1H3,(H,10,11). The molecule has 0 bridgehead atoms. The average Bonchev–Trinajstić information content (AvgIpc) is 2.61. The third kappa shape index (κ3) is 1.26. The molecular formula is C7H8N4O2S. The SMILES string of the molecule is CNS(=O)(=O)c1[nH]nc2cccnc12. The minimum absolute atomic E-state index is 0.00407. The van der Waals surface area contributed by atoms with Crippen molar-refractivity contribution in [1.29, 1.82) is 0 Å². The number of sulfonamides is 1. The number of aromatic amines is 1. The van der Waals surface area contributed by atoms with E-state index in [0.29, 0.717) is 11.0 Å². The Labute approximate surface area is 80.4 Å². The number of hydrogen-bond acceptors (Lipinski definition) is 4. The van der Waals surface area contributed by atoms with Crippen LogP contribution in [0.25, 0.3) is 11.0 Å². The second-order valence-electron chi connectivity index (χ2n) is 2.63. The summed E-state index contributed by atoms with van der Waals surface area (Å²) in [6.45, 7) is 0. The van der Waals surface area contributed by atoms with Crippen LogP contribution in [0, 0.1) is 0 Å². The second kappa shape index (κ2) is 3.03. The maximum Gasteiger partial charge on any atom is 0.259 e. The summed E-state index contributed by atoms with van der Waals surface area (Å²) in [5, 5.41) is 6.26. The molecule has 74 valence electrons. The molecule has 2 N–H and O–H groups in total. The minimum atomic E-state index is -3.51. The Hall–Kier alpha value is -1.47. The van der Waals surface area contributed by atoms with Gasteiger partial charge in [0.1, 0.15) is 11.0 Å². The summed E-state index contributed by atoms with van der Waals surface area (Å²) in [5.74, 6) is 0. The summed E-state index contributed by atoms with van der Waals surface area (Å²) in [6.07, 6.45) is 1.52. The fourth-order valence-electron chi connectivity index (χ4n) is 1.12. The molecule has 2 rings (SSSR count). The van der Waals surface area contributed by atoms with Crippen LogP contribution in [0.5, 0.6) is 0 Å². The van der Waals surface area contributed by atoms with E-state index in [4.69, 9.17) is 0 Å². The lowest BCUT2D eigenvalue weighted by molar-refractivity contribution is 0.584. The highest BCUT2D eigenvalue weighted by atomic mass is 32.2. The number of nitrogens with one attached hydrogen (secondary N) is 2. The van der Waals surface area contributed by atoms with Crippen LogP contribution in [0.1, 0.15) is 0 Å². The van der Waals surface area contributed by atoms with Crippen molar-refractivity contribution in [3.05, 3.63) is 18.3 Å².